The van der Waals surface area contributed by atoms with E-state index < -0.39 is 6.10 Å². The van der Waals surface area contributed by atoms with Crippen molar-refractivity contribution in [1.29, 1.82) is 0 Å². The van der Waals surface area contributed by atoms with Crippen molar-refractivity contribution in [1.82, 2.24) is 15.1 Å². The number of nitrogens with zero attached hydrogens (tertiary/aromatic N) is 2. The molecule has 2 aromatic rings. The Bertz CT molecular complexity index is 681. The molecule has 0 radical (unpaired) electrons. The Labute approximate surface area is 142 Å². The van der Waals surface area contributed by atoms with Gasteiger partial charge in [-0.15, -0.1) is 0 Å². The first-order valence-corrected chi connectivity index (χ1v) is 8.71. The number of aliphatic hydroxyl groups excluding tert-OH is 1. The van der Waals surface area contributed by atoms with Crippen molar-refractivity contribution >= 4 is 5.91 Å². The number of benzene rings is 1. The van der Waals surface area contributed by atoms with Gasteiger partial charge in [0.1, 0.15) is 0 Å². The average molecular weight is 327 g/mol. The second-order valence-electron chi connectivity index (χ2n) is 6.52. The van der Waals surface area contributed by atoms with Crippen LogP contribution in [0.5, 0.6) is 0 Å². The smallest absolute Gasteiger partial charge is 0.225 e. The summed E-state index contributed by atoms with van der Waals surface area (Å²) in [7, 11) is 0. The summed E-state index contributed by atoms with van der Waals surface area (Å²) in [5.74, 6) is -0.218. The molecule has 5 nitrogen and oxygen atoms in total. The first-order chi connectivity index (χ1) is 11.6. The zero-order chi connectivity index (χ0) is 16.9. The SMILES string of the molecule is Cc1nn(-c2ccccc2)cc1CCCNC(=O)C1CCCC1O. The molecule has 1 aromatic heterocycles. The molecule has 2 atom stereocenters. The molecule has 24 heavy (non-hydrogen) atoms. The summed E-state index contributed by atoms with van der Waals surface area (Å²) in [6, 6.07) is 10.1. The highest BCUT2D eigenvalue weighted by atomic mass is 16.3. The number of aryl methyl sites for hydroxylation is 2. The fourth-order valence-electron chi connectivity index (χ4n) is 3.32. The molecule has 1 amide bonds. The van der Waals surface area contributed by atoms with Gasteiger partial charge in [-0.05, 0) is 56.7 Å². The van der Waals surface area contributed by atoms with Crippen molar-refractivity contribution in [3.8, 4) is 5.69 Å². The second kappa shape index (κ2) is 7.62. The number of carbonyl (C=O) groups excluding carboxylic acids is 1. The Balaban J connectivity index is 1.49. The largest absolute Gasteiger partial charge is 0.392 e. The van der Waals surface area contributed by atoms with Crippen molar-refractivity contribution in [2.45, 2.75) is 45.1 Å². The van der Waals surface area contributed by atoms with Crippen LogP contribution in [0.25, 0.3) is 5.69 Å². The fourth-order valence-corrected chi connectivity index (χ4v) is 3.32. The van der Waals surface area contributed by atoms with Gasteiger partial charge in [0, 0.05) is 12.7 Å². The third-order valence-corrected chi connectivity index (χ3v) is 4.76. The number of aliphatic hydroxyl groups is 1. The standard InChI is InChI=1S/C19H25N3O2/c1-14-15(13-22(21-14)16-8-3-2-4-9-16)7-6-12-20-19(24)17-10-5-11-18(17)23/h2-4,8-9,13,17-18,23H,5-7,10-12H2,1H3,(H,20,24). The summed E-state index contributed by atoms with van der Waals surface area (Å²) in [6.07, 6.45) is 5.84. The number of carbonyl (C=O) groups is 1. The van der Waals surface area contributed by atoms with Crippen LogP contribution in [0.4, 0.5) is 0 Å². The molecule has 1 aliphatic rings. The van der Waals surface area contributed by atoms with Gasteiger partial charge in [-0.3, -0.25) is 4.79 Å². The maximum Gasteiger partial charge on any atom is 0.225 e. The summed E-state index contributed by atoms with van der Waals surface area (Å²) in [6.45, 7) is 2.65. The fraction of sp³-hybridized carbons (Fsp3) is 0.474. The number of hydrogen-bond donors (Lipinski definition) is 2. The van der Waals surface area contributed by atoms with E-state index in [0.717, 1.165) is 43.5 Å². The number of amides is 1. The van der Waals surface area contributed by atoms with Crippen LogP contribution in [-0.4, -0.2) is 33.4 Å². The topological polar surface area (TPSA) is 67.2 Å². The molecule has 0 aliphatic heterocycles. The molecule has 128 valence electrons. The van der Waals surface area contributed by atoms with Crippen LogP contribution in [-0.2, 0) is 11.2 Å². The zero-order valence-corrected chi connectivity index (χ0v) is 14.1. The van der Waals surface area contributed by atoms with E-state index in [1.54, 1.807) is 0 Å². The molecule has 1 aliphatic carbocycles. The molecule has 1 fully saturated rings. The lowest BCUT2D eigenvalue weighted by Gasteiger charge is -2.14. The summed E-state index contributed by atoms with van der Waals surface area (Å²) in [5.41, 5.74) is 3.28. The lowest BCUT2D eigenvalue weighted by Crippen LogP contribution is -2.35. The Hall–Kier alpha value is -2.14. The highest BCUT2D eigenvalue weighted by molar-refractivity contribution is 5.79. The Morgan fingerprint density at radius 2 is 2.12 bits per heavy atom. The van der Waals surface area contributed by atoms with Gasteiger partial charge < -0.3 is 10.4 Å². The Morgan fingerprint density at radius 1 is 1.33 bits per heavy atom. The number of nitrogens with one attached hydrogen (secondary N) is 1. The van der Waals surface area contributed by atoms with Gasteiger partial charge in [0.25, 0.3) is 0 Å². The first-order valence-electron chi connectivity index (χ1n) is 8.71. The summed E-state index contributed by atoms with van der Waals surface area (Å²) in [5, 5.41) is 17.3. The normalized spacial score (nSPS) is 20.2. The van der Waals surface area contributed by atoms with Crippen LogP contribution in [0.15, 0.2) is 36.5 Å². The van der Waals surface area contributed by atoms with Gasteiger partial charge in [-0.2, -0.15) is 5.10 Å². The van der Waals surface area contributed by atoms with Gasteiger partial charge in [-0.1, -0.05) is 18.2 Å². The molecule has 2 unspecified atom stereocenters. The van der Waals surface area contributed by atoms with Crippen molar-refractivity contribution < 1.29 is 9.90 Å². The van der Waals surface area contributed by atoms with Crippen LogP contribution in [0.1, 0.15) is 36.9 Å². The molecule has 1 heterocycles. The minimum atomic E-state index is -0.462. The lowest BCUT2D eigenvalue weighted by atomic mass is 10.1. The third kappa shape index (κ3) is 3.85. The third-order valence-electron chi connectivity index (χ3n) is 4.76. The lowest BCUT2D eigenvalue weighted by molar-refractivity contribution is -0.127. The van der Waals surface area contributed by atoms with E-state index in [1.165, 1.54) is 5.56 Å². The molecule has 5 heteroatoms. The van der Waals surface area contributed by atoms with Gasteiger partial charge in [0.15, 0.2) is 0 Å². The van der Waals surface area contributed by atoms with Gasteiger partial charge in [0.05, 0.1) is 23.4 Å². The number of aromatic nitrogens is 2. The number of para-hydroxylation sites is 1. The second-order valence-corrected chi connectivity index (χ2v) is 6.52. The van der Waals surface area contributed by atoms with Crippen molar-refractivity contribution in [3.05, 3.63) is 47.8 Å². The monoisotopic (exact) mass is 327 g/mol. The quantitative estimate of drug-likeness (QED) is 0.801. The van der Waals surface area contributed by atoms with Gasteiger partial charge >= 0.3 is 0 Å². The summed E-state index contributed by atoms with van der Waals surface area (Å²) >= 11 is 0. The van der Waals surface area contributed by atoms with E-state index in [2.05, 4.69) is 16.6 Å². The van der Waals surface area contributed by atoms with Crippen molar-refractivity contribution in [2.75, 3.05) is 6.54 Å². The van der Waals surface area contributed by atoms with Gasteiger partial charge in [0.2, 0.25) is 5.91 Å². The molecule has 1 aromatic carbocycles. The summed E-state index contributed by atoms with van der Waals surface area (Å²) in [4.78, 5) is 12.0. The minimum absolute atomic E-state index is 0.00305. The average Bonchev–Trinajstić information content (AvgIpc) is 3.18. The maximum absolute atomic E-state index is 12.0. The van der Waals surface area contributed by atoms with E-state index in [0.29, 0.717) is 6.54 Å². The Morgan fingerprint density at radius 3 is 2.83 bits per heavy atom. The molecule has 0 saturated heterocycles. The van der Waals surface area contributed by atoms with Crippen LogP contribution < -0.4 is 5.32 Å². The van der Waals surface area contributed by atoms with Crippen molar-refractivity contribution in [2.24, 2.45) is 5.92 Å². The van der Waals surface area contributed by atoms with Crippen LogP contribution >= 0.6 is 0 Å². The Kier molecular flexibility index (Phi) is 5.30. The molecule has 2 N–H and O–H groups in total. The molecule has 1 saturated carbocycles. The molecule has 0 spiro atoms. The molecule has 0 bridgehead atoms. The molecular formula is C19H25N3O2. The molecular weight excluding hydrogens is 302 g/mol. The number of rotatable bonds is 6. The highest BCUT2D eigenvalue weighted by Gasteiger charge is 2.30. The predicted molar refractivity (Wildman–Crippen MR) is 93.0 cm³/mol. The van der Waals surface area contributed by atoms with E-state index in [4.69, 9.17) is 0 Å². The first kappa shape index (κ1) is 16.7. The predicted octanol–water partition coefficient (Wildman–Crippen LogP) is 2.39. The maximum atomic E-state index is 12.0. The highest BCUT2D eigenvalue weighted by Crippen LogP contribution is 2.25. The van der Waals surface area contributed by atoms with E-state index in [9.17, 15) is 9.90 Å². The van der Waals surface area contributed by atoms with Gasteiger partial charge in [-0.25, -0.2) is 4.68 Å². The zero-order valence-electron chi connectivity index (χ0n) is 14.1. The van der Waals surface area contributed by atoms with Crippen LogP contribution in [0.3, 0.4) is 0 Å². The number of hydrogen-bond acceptors (Lipinski definition) is 3. The van der Waals surface area contributed by atoms with Crippen LogP contribution in [0, 0.1) is 12.8 Å². The van der Waals surface area contributed by atoms with E-state index >= 15 is 0 Å². The summed E-state index contributed by atoms with van der Waals surface area (Å²) < 4.78 is 1.90. The van der Waals surface area contributed by atoms with E-state index in [1.807, 2.05) is 41.9 Å². The minimum Gasteiger partial charge on any atom is -0.392 e. The molecule has 3 rings (SSSR count). The van der Waals surface area contributed by atoms with Crippen molar-refractivity contribution in [3.63, 3.8) is 0 Å². The van der Waals surface area contributed by atoms with E-state index in [-0.39, 0.29) is 11.8 Å². The van der Waals surface area contributed by atoms with Crippen LogP contribution in [0.2, 0.25) is 0 Å².